The van der Waals surface area contributed by atoms with Crippen molar-refractivity contribution in [1.29, 1.82) is 0 Å². The predicted octanol–water partition coefficient (Wildman–Crippen LogP) is 4.04. The second kappa shape index (κ2) is 6.99. The van der Waals surface area contributed by atoms with E-state index in [4.69, 9.17) is 4.74 Å². The molecule has 0 N–H and O–H groups in total. The fourth-order valence-corrected chi connectivity index (χ4v) is 1.64. The van der Waals surface area contributed by atoms with Crippen LogP contribution in [-0.4, -0.2) is 6.61 Å². The number of hydrogen-bond donors (Lipinski definition) is 0. The van der Waals surface area contributed by atoms with E-state index in [0.29, 0.717) is 0 Å². The van der Waals surface area contributed by atoms with Crippen LogP contribution in [0.25, 0.3) is 0 Å². The maximum absolute atomic E-state index is 5.72. The highest BCUT2D eigenvalue weighted by Gasteiger charge is 2.01. The second-order valence-electron chi connectivity index (χ2n) is 3.83. The maximum Gasteiger partial charge on any atom is 0.0919 e. The van der Waals surface area contributed by atoms with Gasteiger partial charge in [-0.25, -0.2) is 0 Å². The third-order valence-corrected chi connectivity index (χ3v) is 2.53. The topological polar surface area (TPSA) is 9.23 Å². The fourth-order valence-electron chi connectivity index (χ4n) is 1.64. The van der Waals surface area contributed by atoms with Gasteiger partial charge in [0.05, 0.1) is 12.4 Å². The molecule has 1 rings (SSSR count). The smallest absolute Gasteiger partial charge is 0.0919 e. The van der Waals surface area contributed by atoms with Crippen LogP contribution in [0.2, 0.25) is 0 Å². The van der Waals surface area contributed by atoms with Gasteiger partial charge in [-0.2, -0.15) is 0 Å². The fraction of sp³-hybridized carbons (Fsp3) is 0.833. The number of allylic oxidation sites excluding steroid dienone is 2. The van der Waals surface area contributed by atoms with E-state index >= 15 is 0 Å². The maximum atomic E-state index is 5.72. The van der Waals surface area contributed by atoms with Crippen LogP contribution in [0.4, 0.5) is 0 Å². The Bertz CT molecular complexity index is 149. The van der Waals surface area contributed by atoms with E-state index in [9.17, 15) is 0 Å². The molecular weight excluding hydrogens is 160 g/mol. The van der Waals surface area contributed by atoms with Crippen LogP contribution >= 0.6 is 0 Å². The lowest BCUT2D eigenvalue weighted by molar-refractivity contribution is 0.193. The Kier molecular flexibility index (Phi) is 5.71. The molecule has 0 unspecified atom stereocenters. The summed E-state index contributed by atoms with van der Waals surface area (Å²) in [5.41, 5.74) is 0. The van der Waals surface area contributed by atoms with Crippen molar-refractivity contribution >= 4 is 0 Å². The van der Waals surface area contributed by atoms with Crippen molar-refractivity contribution in [2.45, 2.75) is 58.3 Å². The Morgan fingerprint density at radius 2 is 2.08 bits per heavy atom. The lowest BCUT2D eigenvalue weighted by Crippen LogP contribution is -1.97. The lowest BCUT2D eigenvalue weighted by Gasteiger charge is -2.12. The van der Waals surface area contributed by atoms with E-state index in [-0.39, 0.29) is 0 Å². The molecule has 0 atom stereocenters. The van der Waals surface area contributed by atoms with Crippen molar-refractivity contribution in [3.05, 3.63) is 11.8 Å². The summed E-state index contributed by atoms with van der Waals surface area (Å²) in [7, 11) is 0. The average molecular weight is 182 g/mol. The van der Waals surface area contributed by atoms with E-state index in [1.54, 1.807) is 0 Å². The molecule has 1 aliphatic rings. The van der Waals surface area contributed by atoms with Gasteiger partial charge in [-0.15, -0.1) is 0 Å². The summed E-state index contributed by atoms with van der Waals surface area (Å²) >= 11 is 0. The molecule has 1 heteroatoms. The van der Waals surface area contributed by atoms with Gasteiger partial charge in [0.2, 0.25) is 0 Å². The van der Waals surface area contributed by atoms with Gasteiger partial charge < -0.3 is 4.74 Å². The van der Waals surface area contributed by atoms with Crippen molar-refractivity contribution in [2.75, 3.05) is 6.61 Å². The van der Waals surface area contributed by atoms with Gasteiger partial charge in [-0.3, -0.25) is 0 Å². The second-order valence-corrected chi connectivity index (χ2v) is 3.83. The van der Waals surface area contributed by atoms with Crippen molar-refractivity contribution < 1.29 is 4.74 Å². The molecule has 0 aromatic rings. The van der Waals surface area contributed by atoms with Crippen molar-refractivity contribution in [2.24, 2.45) is 0 Å². The molecule has 0 fully saturated rings. The summed E-state index contributed by atoms with van der Waals surface area (Å²) < 4.78 is 5.72. The zero-order valence-electron chi connectivity index (χ0n) is 8.85. The Hall–Kier alpha value is -0.460. The highest BCUT2D eigenvalue weighted by molar-refractivity contribution is 4.94. The minimum Gasteiger partial charge on any atom is -0.498 e. The van der Waals surface area contributed by atoms with E-state index in [0.717, 1.165) is 6.61 Å². The Morgan fingerprint density at radius 3 is 2.92 bits per heavy atom. The first-order chi connectivity index (χ1) is 6.43. The summed E-state index contributed by atoms with van der Waals surface area (Å²) in [5.74, 6) is 1.26. The first-order valence-electron chi connectivity index (χ1n) is 5.75. The third-order valence-electron chi connectivity index (χ3n) is 2.53. The minimum atomic E-state index is 0.919. The van der Waals surface area contributed by atoms with Crippen LogP contribution < -0.4 is 0 Å². The van der Waals surface area contributed by atoms with Gasteiger partial charge in [0.25, 0.3) is 0 Å². The van der Waals surface area contributed by atoms with Crippen LogP contribution in [0.15, 0.2) is 11.8 Å². The van der Waals surface area contributed by atoms with Crippen LogP contribution in [0.5, 0.6) is 0 Å². The molecule has 76 valence electrons. The molecule has 0 saturated carbocycles. The summed E-state index contributed by atoms with van der Waals surface area (Å²) in [6, 6.07) is 0. The van der Waals surface area contributed by atoms with E-state index in [1.807, 2.05) is 0 Å². The predicted molar refractivity (Wildman–Crippen MR) is 56.6 cm³/mol. The average Bonchev–Trinajstić information content (AvgIpc) is 2.08. The molecule has 1 aliphatic carbocycles. The van der Waals surface area contributed by atoms with Crippen molar-refractivity contribution in [3.8, 4) is 0 Å². The number of unbranched alkanes of at least 4 members (excludes halogenated alkanes) is 1. The summed E-state index contributed by atoms with van der Waals surface area (Å²) in [4.78, 5) is 0. The highest BCUT2D eigenvalue weighted by atomic mass is 16.5. The van der Waals surface area contributed by atoms with Crippen molar-refractivity contribution in [1.82, 2.24) is 0 Å². The molecule has 0 aromatic carbocycles. The van der Waals surface area contributed by atoms with Gasteiger partial charge >= 0.3 is 0 Å². The number of hydrogen-bond acceptors (Lipinski definition) is 1. The van der Waals surface area contributed by atoms with E-state index in [1.165, 1.54) is 57.1 Å². The van der Waals surface area contributed by atoms with Gasteiger partial charge in [-0.1, -0.05) is 26.2 Å². The molecule has 0 radical (unpaired) electrons. The van der Waals surface area contributed by atoms with Gasteiger partial charge in [0, 0.05) is 6.42 Å². The zero-order valence-corrected chi connectivity index (χ0v) is 8.85. The quantitative estimate of drug-likeness (QED) is 0.596. The first kappa shape index (κ1) is 10.6. The van der Waals surface area contributed by atoms with Crippen molar-refractivity contribution in [3.63, 3.8) is 0 Å². The highest BCUT2D eigenvalue weighted by Crippen LogP contribution is 2.17. The van der Waals surface area contributed by atoms with Gasteiger partial charge in [0.15, 0.2) is 0 Å². The monoisotopic (exact) mass is 182 g/mol. The first-order valence-corrected chi connectivity index (χ1v) is 5.75. The molecule has 0 amide bonds. The molecular formula is C12H22O. The standard InChI is InChI=1S/C12H22O/c1-2-3-11-13-12-9-7-5-4-6-8-10-12/h9H,2-8,10-11H2,1H3. The summed E-state index contributed by atoms with van der Waals surface area (Å²) in [6.07, 6.45) is 12.6. The van der Waals surface area contributed by atoms with Crippen LogP contribution in [0, 0.1) is 0 Å². The number of rotatable bonds is 4. The molecule has 0 aliphatic heterocycles. The van der Waals surface area contributed by atoms with Gasteiger partial charge in [0.1, 0.15) is 0 Å². The number of ether oxygens (including phenoxy) is 1. The lowest BCUT2D eigenvalue weighted by atomic mass is 10.1. The summed E-state index contributed by atoms with van der Waals surface area (Å²) in [6.45, 7) is 3.12. The third kappa shape index (κ3) is 4.97. The van der Waals surface area contributed by atoms with Crippen LogP contribution in [0.1, 0.15) is 58.3 Å². The molecule has 0 aromatic heterocycles. The SMILES string of the molecule is CCCCOC1=CCCCCCC1. The largest absolute Gasteiger partial charge is 0.498 e. The van der Waals surface area contributed by atoms with Crippen LogP contribution in [-0.2, 0) is 4.74 Å². The summed E-state index contributed by atoms with van der Waals surface area (Å²) in [5, 5.41) is 0. The molecule has 0 saturated heterocycles. The molecule has 0 heterocycles. The van der Waals surface area contributed by atoms with E-state index < -0.39 is 0 Å². The minimum absolute atomic E-state index is 0.919. The van der Waals surface area contributed by atoms with Gasteiger partial charge in [-0.05, 0) is 31.8 Å². The molecule has 0 bridgehead atoms. The molecule has 0 spiro atoms. The Morgan fingerprint density at radius 1 is 1.23 bits per heavy atom. The molecule has 13 heavy (non-hydrogen) atoms. The normalized spacial score (nSPS) is 18.7. The van der Waals surface area contributed by atoms with E-state index in [2.05, 4.69) is 13.0 Å². The molecule has 1 nitrogen and oxygen atoms in total. The zero-order chi connectivity index (χ0) is 9.36. The Labute approximate surface area is 82.2 Å². The van der Waals surface area contributed by atoms with Crippen LogP contribution in [0.3, 0.4) is 0 Å². The Balaban J connectivity index is 2.19.